The first-order valence-corrected chi connectivity index (χ1v) is 6.06. The van der Waals surface area contributed by atoms with Crippen molar-refractivity contribution in [2.75, 3.05) is 26.8 Å². The summed E-state index contributed by atoms with van der Waals surface area (Å²) in [6.45, 7) is 3.15. The summed E-state index contributed by atoms with van der Waals surface area (Å²) in [5.41, 5.74) is 0. The molecule has 78 valence electrons. The zero-order valence-electron chi connectivity index (χ0n) is 8.61. The van der Waals surface area contributed by atoms with Crippen LogP contribution in [0, 0.1) is 0 Å². The predicted octanol–water partition coefficient (Wildman–Crippen LogP) is 2.53. The van der Waals surface area contributed by atoms with Gasteiger partial charge in [-0.1, -0.05) is 6.07 Å². The fourth-order valence-electron chi connectivity index (χ4n) is 2.11. The summed E-state index contributed by atoms with van der Waals surface area (Å²) in [5.74, 6) is 0. The van der Waals surface area contributed by atoms with E-state index in [-0.39, 0.29) is 0 Å². The second-order valence-electron chi connectivity index (χ2n) is 3.70. The highest BCUT2D eigenvalue weighted by Crippen LogP contribution is 2.33. The summed E-state index contributed by atoms with van der Waals surface area (Å²) in [4.78, 5) is 4.05. The van der Waals surface area contributed by atoms with E-state index in [2.05, 4.69) is 22.4 Å². The molecule has 14 heavy (non-hydrogen) atoms. The van der Waals surface area contributed by atoms with E-state index in [1.165, 1.54) is 24.3 Å². The minimum absolute atomic E-state index is 0.658. The van der Waals surface area contributed by atoms with Crippen LogP contribution in [0.25, 0.3) is 0 Å². The molecule has 0 N–H and O–H groups in total. The van der Waals surface area contributed by atoms with Gasteiger partial charge in [-0.25, -0.2) is 0 Å². The second kappa shape index (κ2) is 4.91. The van der Waals surface area contributed by atoms with Gasteiger partial charge in [0.1, 0.15) is 0 Å². The van der Waals surface area contributed by atoms with Crippen LogP contribution in [0.1, 0.15) is 23.8 Å². The van der Waals surface area contributed by atoms with Crippen molar-refractivity contribution < 1.29 is 4.74 Å². The van der Waals surface area contributed by atoms with Crippen molar-refractivity contribution >= 4 is 11.3 Å². The highest BCUT2D eigenvalue weighted by atomic mass is 32.1. The molecule has 0 saturated carbocycles. The monoisotopic (exact) mass is 211 g/mol. The first-order valence-electron chi connectivity index (χ1n) is 5.18. The quantitative estimate of drug-likeness (QED) is 0.759. The maximum absolute atomic E-state index is 5.13. The molecule has 2 rings (SSSR count). The molecule has 0 aromatic carbocycles. The van der Waals surface area contributed by atoms with Crippen LogP contribution < -0.4 is 0 Å². The molecule has 0 amide bonds. The van der Waals surface area contributed by atoms with Gasteiger partial charge in [0, 0.05) is 24.6 Å². The lowest BCUT2D eigenvalue weighted by atomic mass is 10.2. The Morgan fingerprint density at radius 3 is 3.29 bits per heavy atom. The lowest BCUT2D eigenvalue weighted by molar-refractivity contribution is 0.142. The summed E-state index contributed by atoms with van der Waals surface area (Å²) < 4.78 is 5.13. The number of hydrogen-bond donors (Lipinski definition) is 0. The van der Waals surface area contributed by atoms with Gasteiger partial charge in [-0.2, -0.15) is 0 Å². The molecule has 1 saturated heterocycles. The van der Waals surface area contributed by atoms with Crippen LogP contribution in [0.15, 0.2) is 17.5 Å². The molecule has 0 aliphatic carbocycles. The van der Waals surface area contributed by atoms with Crippen LogP contribution in [-0.4, -0.2) is 31.7 Å². The topological polar surface area (TPSA) is 12.5 Å². The zero-order valence-corrected chi connectivity index (χ0v) is 9.43. The number of methoxy groups -OCH3 is 1. The van der Waals surface area contributed by atoms with E-state index >= 15 is 0 Å². The molecular formula is C11H17NOS. The van der Waals surface area contributed by atoms with E-state index in [4.69, 9.17) is 4.74 Å². The lowest BCUT2D eigenvalue weighted by Crippen LogP contribution is -2.26. The van der Waals surface area contributed by atoms with Crippen LogP contribution in [0.2, 0.25) is 0 Å². The van der Waals surface area contributed by atoms with E-state index in [0.29, 0.717) is 6.04 Å². The summed E-state index contributed by atoms with van der Waals surface area (Å²) in [5, 5.41) is 2.17. The smallest absolute Gasteiger partial charge is 0.0589 e. The second-order valence-corrected chi connectivity index (χ2v) is 4.68. The van der Waals surface area contributed by atoms with Crippen molar-refractivity contribution in [1.29, 1.82) is 0 Å². The molecule has 0 bridgehead atoms. The Balaban J connectivity index is 1.97. The number of likely N-dealkylation sites (tertiary alicyclic amines) is 1. The van der Waals surface area contributed by atoms with Crippen molar-refractivity contribution in [3.05, 3.63) is 22.4 Å². The maximum Gasteiger partial charge on any atom is 0.0589 e. The Kier molecular flexibility index (Phi) is 3.56. The average Bonchev–Trinajstić information content (AvgIpc) is 2.84. The molecule has 1 aliphatic rings. The summed E-state index contributed by atoms with van der Waals surface area (Å²) >= 11 is 1.87. The molecule has 1 aliphatic heterocycles. The Bertz CT molecular complexity index is 260. The fraction of sp³-hybridized carbons (Fsp3) is 0.636. The maximum atomic E-state index is 5.13. The van der Waals surface area contributed by atoms with Gasteiger partial charge in [0.2, 0.25) is 0 Å². The summed E-state index contributed by atoms with van der Waals surface area (Å²) in [6.07, 6.45) is 2.64. The van der Waals surface area contributed by atoms with Gasteiger partial charge in [-0.05, 0) is 30.8 Å². The predicted molar refractivity (Wildman–Crippen MR) is 59.7 cm³/mol. The van der Waals surface area contributed by atoms with Crippen LogP contribution in [0.4, 0.5) is 0 Å². The van der Waals surface area contributed by atoms with E-state index in [1.807, 2.05) is 11.3 Å². The van der Waals surface area contributed by atoms with Gasteiger partial charge in [0.15, 0.2) is 0 Å². The van der Waals surface area contributed by atoms with E-state index in [1.54, 1.807) is 7.11 Å². The number of nitrogens with zero attached hydrogens (tertiary/aromatic N) is 1. The van der Waals surface area contributed by atoms with E-state index in [9.17, 15) is 0 Å². The molecular weight excluding hydrogens is 194 g/mol. The van der Waals surface area contributed by atoms with Gasteiger partial charge >= 0.3 is 0 Å². The molecule has 1 aromatic heterocycles. The molecule has 2 heterocycles. The lowest BCUT2D eigenvalue weighted by Gasteiger charge is -2.22. The normalized spacial score (nSPS) is 23.1. The van der Waals surface area contributed by atoms with E-state index in [0.717, 1.165) is 13.2 Å². The fourth-order valence-corrected chi connectivity index (χ4v) is 3.00. The van der Waals surface area contributed by atoms with Gasteiger partial charge in [0.25, 0.3) is 0 Å². The van der Waals surface area contributed by atoms with Crippen molar-refractivity contribution in [3.63, 3.8) is 0 Å². The molecule has 1 fully saturated rings. The molecule has 2 nitrogen and oxygen atoms in total. The largest absolute Gasteiger partial charge is 0.383 e. The van der Waals surface area contributed by atoms with Gasteiger partial charge < -0.3 is 4.74 Å². The van der Waals surface area contributed by atoms with Gasteiger partial charge in [0.05, 0.1) is 6.61 Å². The first-order chi connectivity index (χ1) is 6.92. The van der Waals surface area contributed by atoms with Crippen LogP contribution >= 0.6 is 11.3 Å². The molecule has 3 heteroatoms. The highest BCUT2D eigenvalue weighted by molar-refractivity contribution is 7.10. The van der Waals surface area contributed by atoms with E-state index < -0.39 is 0 Å². The van der Waals surface area contributed by atoms with Crippen LogP contribution in [0.5, 0.6) is 0 Å². The van der Waals surface area contributed by atoms with Crippen molar-refractivity contribution in [2.24, 2.45) is 0 Å². The minimum atomic E-state index is 0.658. The Hall–Kier alpha value is -0.380. The Morgan fingerprint density at radius 1 is 1.64 bits per heavy atom. The van der Waals surface area contributed by atoms with Crippen molar-refractivity contribution in [2.45, 2.75) is 18.9 Å². The van der Waals surface area contributed by atoms with Gasteiger partial charge in [-0.3, -0.25) is 4.90 Å². The number of thiophene rings is 1. The molecule has 0 unspecified atom stereocenters. The zero-order chi connectivity index (χ0) is 9.80. The third kappa shape index (κ3) is 2.16. The third-order valence-electron chi connectivity index (χ3n) is 2.82. The minimum Gasteiger partial charge on any atom is -0.383 e. The number of ether oxygens (including phenoxy) is 1. The number of rotatable bonds is 4. The SMILES string of the molecule is COCCN1CCC[C@H]1c1cccs1. The first kappa shape index (κ1) is 10.1. The highest BCUT2D eigenvalue weighted by Gasteiger charge is 2.25. The van der Waals surface area contributed by atoms with Gasteiger partial charge in [-0.15, -0.1) is 11.3 Å². The average molecular weight is 211 g/mol. The van der Waals surface area contributed by atoms with Crippen molar-refractivity contribution in [1.82, 2.24) is 4.90 Å². The van der Waals surface area contributed by atoms with Crippen LogP contribution in [0.3, 0.4) is 0 Å². The summed E-state index contributed by atoms with van der Waals surface area (Å²) in [7, 11) is 1.77. The molecule has 1 atom stereocenters. The summed E-state index contributed by atoms with van der Waals surface area (Å²) in [6, 6.07) is 5.05. The molecule has 0 spiro atoms. The standard InChI is InChI=1S/C11H17NOS/c1-13-8-7-12-6-2-4-10(12)11-5-3-9-14-11/h3,5,9-10H,2,4,6-8H2,1H3/t10-/m0/s1. The molecule has 0 radical (unpaired) electrons. The Morgan fingerprint density at radius 2 is 2.57 bits per heavy atom. The molecule has 1 aromatic rings. The van der Waals surface area contributed by atoms with Crippen LogP contribution in [-0.2, 0) is 4.74 Å². The van der Waals surface area contributed by atoms with Crippen molar-refractivity contribution in [3.8, 4) is 0 Å². The third-order valence-corrected chi connectivity index (χ3v) is 3.79. The Labute approximate surface area is 89.5 Å². The number of hydrogen-bond acceptors (Lipinski definition) is 3.